The largest absolute Gasteiger partial charge is 0.462 e. The minimum absolute atomic E-state index is 0.0698. The lowest BCUT2D eigenvalue weighted by molar-refractivity contribution is -0.151. The summed E-state index contributed by atoms with van der Waals surface area (Å²) in [7, 11) is 0. The van der Waals surface area contributed by atoms with Crippen molar-refractivity contribution in [3.8, 4) is 0 Å². The monoisotopic (exact) mass is 846 g/mol. The van der Waals surface area contributed by atoms with Crippen LogP contribution in [0.4, 0.5) is 0 Å². The van der Waals surface area contributed by atoms with Crippen LogP contribution in [0.2, 0.25) is 0 Å². The first-order valence-electron chi connectivity index (χ1n) is 26.6. The molecular weight excluding hydrogens is 743 g/mol. The molecule has 0 bridgehead atoms. The molecule has 0 heterocycles. The van der Waals surface area contributed by atoms with Gasteiger partial charge in [0, 0.05) is 6.42 Å². The summed E-state index contributed by atoms with van der Waals surface area (Å²) in [4.78, 5) is 26.1. The molecule has 0 rings (SSSR count). The number of amides is 1. The number of aliphatic hydroxyl groups excluding tert-OH is 2. The van der Waals surface area contributed by atoms with Gasteiger partial charge in [0.05, 0.1) is 25.2 Å². The molecule has 0 spiro atoms. The van der Waals surface area contributed by atoms with E-state index in [1.54, 1.807) is 0 Å². The second-order valence-corrected chi connectivity index (χ2v) is 18.3. The van der Waals surface area contributed by atoms with Crippen molar-refractivity contribution in [1.82, 2.24) is 5.32 Å². The molecule has 6 heteroatoms. The van der Waals surface area contributed by atoms with E-state index in [1.165, 1.54) is 173 Å². The van der Waals surface area contributed by atoms with Gasteiger partial charge in [-0.3, -0.25) is 9.59 Å². The lowest BCUT2D eigenvalue weighted by Crippen LogP contribution is -2.46. The highest BCUT2D eigenvalue weighted by molar-refractivity contribution is 5.77. The lowest BCUT2D eigenvalue weighted by atomic mass is 10.0. The van der Waals surface area contributed by atoms with Crippen LogP contribution >= 0.6 is 0 Å². The smallest absolute Gasteiger partial charge is 0.306 e. The Morgan fingerprint density at radius 1 is 0.467 bits per heavy atom. The van der Waals surface area contributed by atoms with Crippen LogP contribution in [0.5, 0.6) is 0 Å². The number of unbranched alkanes of at least 4 members (excludes halogenated alkanes) is 32. The van der Waals surface area contributed by atoms with Crippen LogP contribution in [0.3, 0.4) is 0 Å². The minimum Gasteiger partial charge on any atom is -0.462 e. The molecule has 0 aromatic heterocycles. The van der Waals surface area contributed by atoms with Gasteiger partial charge in [0.1, 0.15) is 6.10 Å². The molecule has 0 radical (unpaired) electrons. The van der Waals surface area contributed by atoms with Crippen molar-refractivity contribution >= 4 is 11.9 Å². The maximum Gasteiger partial charge on any atom is 0.306 e. The van der Waals surface area contributed by atoms with Gasteiger partial charge in [0.15, 0.2) is 0 Å². The fourth-order valence-corrected chi connectivity index (χ4v) is 8.19. The fourth-order valence-electron chi connectivity index (χ4n) is 8.19. The van der Waals surface area contributed by atoms with Gasteiger partial charge in [-0.15, -0.1) is 0 Å². The Balaban J connectivity index is 4.56. The van der Waals surface area contributed by atoms with E-state index in [4.69, 9.17) is 4.74 Å². The van der Waals surface area contributed by atoms with Gasteiger partial charge in [0.2, 0.25) is 5.91 Å². The predicted octanol–water partition coefficient (Wildman–Crippen LogP) is 15.9. The molecule has 3 unspecified atom stereocenters. The highest BCUT2D eigenvalue weighted by atomic mass is 16.5. The van der Waals surface area contributed by atoms with E-state index in [1.807, 2.05) is 0 Å². The maximum atomic E-state index is 13.2. The van der Waals surface area contributed by atoms with Gasteiger partial charge in [-0.25, -0.2) is 0 Å². The maximum absolute atomic E-state index is 13.2. The van der Waals surface area contributed by atoms with E-state index >= 15 is 0 Å². The number of ether oxygens (including phenoxy) is 1. The zero-order valence-corrected chi connectivity index (χ0v) is 40.4. The number of carbonyl (C=O) groups is 2. The van der Waals surface area contributed by atoms with Crippen molar-refractivity contribution < 1.29 is 24.5 Å². The van der Waals surface area contributed by atoms with Crippen LogP contribution in [0.25, 0.3) is 0 Å². The highest BCUT2D eigenvalue weighted by Crippen LogP contribution is 2.18. The highest BCUT2D eigenvalue weighted by Gasteiger charge is 2.24. The predicted molar refractivity (Wildman–Crippen MR) is 260 cm³/mol. The molecular formula is C54H103NO5. The number of nitrogens with one attached hydrogen (secondary N) is 1. The van der Waals surface area contributed by atoms with Crippen molar-refractivity contribution in [3.05, 3.63) is 24.3 Å². The van der Waals surface area contributed by atoms with Gasteiger partial charge in [-0.1, -0.05) is 218 Å². The number of aliphatic hydroxyl groups is 2. The van der Waals surface area contributed by atoms with E-state index in [0.717, 1.165) is 64.2 Å². The van der Waals surface area contributed by atoms with Crippen molar-refractivity contribution in [2.24, 2.45) is 0 Å². The van der Waals surface area contributed by atoms with Crippen LogP contribution in [-0.4, -0.2) is 46.9 Å². The van der Waals surface area contributed by atoms with Gasteiger partial charge >= 0.3 is 5.97 Å². The Morgan fingerprint density at radius 2 is 0.800 bits per heavy atom. The molecule has 0 aliphatic heterocycles. The SMILES string of the molecule is CCCCCC/C=C\CCCCCCCC(CC(=O)NC(CO)C(O)CCCCCCCCCCCCCCCC)OC(=O)CCCCC/C=C\CCCCCCCCC. The third-order valence-electron chi connectivity index (χ3n) is 12.3. The quantitative estimate of drug-likeness (QED) is 0.0322. The van der Waals surface area contributed by atoms with Crippen LogP contribution in [0.15, 0.2) is 24.3 Å². The average molecular weight is 846 g/mol. The second-order valence-electron chi connectivity index (χ2n) is 18.3. The van der Waals surface area contributed by atoms with E-state index in [2.05, 4.69) is 50.4 Å². The van der Waals surface area contributed by atoms with E-state index < -0.39 is 18.2 Å². The zero-order chi connectivity index (χ0) is 43.8. The second kappa shape index (κ2) is 48.4. The molecule has 3 N–H and O–H groups in total. The molecule has 0 saturated heterocycles. The Labute approximate surface area is 373 Å². The minimum atomic E-state index is -0.789. The third-order valence-corrected chi connectivity index (χ3v) is 12.3. The van der Waals surface area contributed by atoms with Crippen molar-refractivity contribution in [2.45, 2.75) is 302 Å². The van der Waals surface area contributed by atoms with E-state index in [-0.39, 0.29) is 24.9 Å². The lowest BCUT2D eigenvalue weighted by Gasteiger charge is -2.24. The average Bonchev–Trinajstić information content (AvgIpc) is 3.24. The number of allylic oxidation sites excluding steroid dienone is 4. The molecule has 60 heavy (non-hydrogen) atoms. The molecule has 0 fully saturated rings. The molecule has 0 aliphatic carbocycles. The molecule has 0 aromatic rings. The topological polar surface area (TPSA) is 95.9 Å². The molecule has 0 saturated carbocycles. The third kappa shape index (κ3) is 43.0. The van der Waals surface area contributed by atoms with Crippen molar-refractivity contribution in [1.29, 1.82) is 0 Å². The molecule has 1 amide bonds. The van der Waals surface area contributed by atoms with Gasteiger partial charge in [-0.05, 0) is 77.0 Å². The Bertz CT molecular complexity index is 950. The Kier molecular flexibility index (Phi) is 47.0. The number of rotatable bonds is 48. The van der Waals surface area contributed by atoms with Crippen LogP contribution < -0.4 is 5.32 Å². The summed E-state index contributed by atoms with van der Waals surface area (Å²) in [6, 6.07) is -0.703. The molecule has 6 nitrogen and oxygen atoms in total. The fraction of sp³-hybridized carbons (Fsp3) is 0.889. The zero-order valence-electron chi connectivity index (χ0n) is 40.4. The normalized spacial score (nSPS) is 13.3. The van der Waals surface area contributed by atoms with Gasteiger partial charge < -0.3 is 20.3 Å². The van der Waals surface area contributed by atoms with Crippen molar-refractivity contribution in [3.63, 3.8) is 0 Å². The summed E-state index contributed by atoms with van der Waals surface area (Å²) < 4.78 is 5.93. The molecule has 0 aliphatic rings. The summed E-state index contributed by atoms with van der Waals surface area (Å²) in [6.45, 7) is 6.48. The van der Waals surface area contributed by atoms with E-state index in [9.17, 15) is 19.8 Å². The first kappa shape index (κ1) is 58.3. The van der Waals surface area contributed by atoms with Crippen molar-refractivity contribution in [2.75, 3.05) is 6.61 Å². The standard InChI is InChI=1S/C54H103NO5/c1-4-7-10-13-16-19-22-25-28-31-34-37-40-43-46-52(57)51(49-56)55-53(58)48-50(45-42-39-36-33-30-27-24-21-18-15-12-9-6-3)60-54(59)47-44-41-38-35-32-29-26-23-20-17-14-11-8-5-2/h21,24,29,32,50-52,56-57H,4-20,22-23,25-28,30-31,33-49H2,1-3H3,(H,55,58)/b24-21-,32-29-. The number of hydrogen-bond acceptors (Lipinski definition) is 5. The molecule has 354 valence electrons. The Morgan fingerprint density at radius 3 is 1.20 bits per heavy atom. The van der Waals surface area contributed by atoms with Crippen LogP contribution in [0.1, 0.15) is 284 Å². The van der Waals surface area contributed by atoms with Gasteiger partial charge in [-0.2, -0.15) is 0 Å². The van der Waals surface area contributed by atoms with Gasteiger partial charge in [0.25, 0.3) is 0 Å². The summed E-state index contributed by atoms with van der Waals surface area (Å²) in [5, 5.41) is 23.8. The summed E-state index contributed by atoms with van der Waals surface area (Å²) in [5.74, 6) is -0.489. The van der Waals surface area contributed by atoms with Crippen LogP contribution in [0, 0.1) is 0 Å². The first-order chi connectivity index (χ1) is 29.5. The summed E-state index contributed by atoms with van der Waals surface area (Å²) in [5.41, 5.74) is 0. The number of hydrogen-bond donors (Lipinski definition) is 3. The van der Waals surface area contributed by atoms with E-state index in [0.29, 0.717) is 19.3 Å². The molecule has 0 aromatic carbocycles. The first-order valence-corrected chi connectivity index (χ1v) is 26.6. The number of esters is 1. The summed E-state index contributed by atoms with van der Waals surface area (Å²) >= 11 is 0. The molecule has 3 atom stereocenters. The number of carbonyl (C=O) groups excluding carboxylic acids is 2. The Hall–Kier alpha value is -1.66. The van der Waals surface area contributed by atoms with Crippen LogP contribution in [-0.2, 0) is 14.3 Å². The summed E-state index contributed by atoms with van der Waals surface area (Å²) in [6.07, 6.45) is 55.2.